The number of likely N-dealkylation sites (tertiary alicyclic amines) is 1. The Bertz CT molecular complexity index is 589. The van der Waals surface area contributed by atoms with E-state index in [9.17, 15) is 22.8 Å². The molecule has 2 amide bonds. The van der Waals surface area contributed by atoms with Crippen LogP contribution in [0.25, 0.3) is 0 Å². The predicted octanol–water partition coefficient (Wildman–Crippen LogP) is 2.92. The summed E-state index contributed by atoms with van der Waals surface area (Å²) in [6.07, 6.45) is -4.14. The Labute approximate surface area is 123 Å². The van der Waals surface area contributed by atoms with E-state index in [4.69, 9.17) is 11.6 Å². The summed E-state index contributed by atoms with van der Waals surface area (Å²) in [4.78, 5) is 24.6. The summed E-state index contributed by atoms with van der Waals surface area (Å²) in [7, 11) is 1.45. The zero-order valence-electron chi connectivity index (χ0n) is 11.0. The monoisotopic (exact) mass is 320 g/mol. The Morgan fingerprint density at radius 2 is 2.10 bits per heavy atom. The lowest BCUT2D eigenvalue weighted by Crippen LogP contribution is -2.39. The van der Waals surface area contributed by atoms with Gasteiger partial charge in [0.25, 0.3) is 0 Å². The van der Waals surface area contributed by atoms with Crippen LogP contribution in [0.2, 0.25) is 5.02 Å². The van der Waals surface area contributed by atoms with Crippen molar-refractivity contribution in [2.75, 3.05) is 12.4 Å². The number of hydrogen-bond donors (Lipinski definition) is 1. The van der Waals surface area contributed by atoms with Crippen LogP contribution in [0, 0.1) is 0 Å². The molecule has 0 aromatic heterocycles. The van der Waals surface area contributed by atoms with Gasteiger partial charge in [-0.2, -0.15) is 13.2 Å². The van der Waals surface area contributed by atoms with Crippen molar-refractivity contribution in [2.45, 2.75) is 25.1 Å². The number of nitrogens with one attached hydrogen (secondary N) is 1. The minimum absolute atomic E-state index is 0.0755. The van der Waals surface area contributed by atoms with Crippen LogP contribution in [0.1, 0.15) is 18.4 Å². The molecule has 1 N–H and O–H groups in total. The van der Waals surface area contributed by atoms with Gasteiger partial charge in [0.1, 0.15) is 6.04 Å². The number of amides is 2. The van der Waals surface area contributed by atoms with Crippen LogP contribution >= 0.6 is 11.6 Å². The SMILES string of the molecule is CN1C(=O)CCC1C(=O)Nc1ccc(Cl)cc1C(F)(F)F. The number of hydrogen-bond acceptors (Lipinski definition) is 2. The van der Waals surface area contributed by atoms with Crippen molar-refractivity contribution in [3.63, 3.8) is 0 Å². The number of rotatable bonds is 2. The topological polar surface area (TPSA) is 49.4 Å². The highest BCUT2D eigenvalue weighted by Crippen LogP contribution is 2.36. The number of benzene rings is 1. The number of nitrogens with zero attached hydrogens (tertiary/aromatic N) is 1. The van der Waals surface area contributed by atoms with E-state index < -0.39 is 23.7 Å². The zero-order valence-corrected chi connectivity index (χ0v) is 11.8. The molecule has 1 unspecified atom stereocenters. The van der Waals surface area contributed by atoms with E-state index in [1.165, 1.54) is 18.0 Å². The van der Waals surface area contributed by atoms with Crippen molar-refractivity contribution >= 4 is 29.1 Å². The number of halogens is 4. The first kappa shape index (κ1) is 15.6. The van der Waals surface area contributed by atoms with E-state index in [0.717, 1.165) is 12.1 Å². The molecule has 0 bridgehead atoms. The average Bonchev–Trinajstić information content (AvgIpc) is 2.71. The third-order valence-electron chi connectivity index (χ3n) is 3.34. The van der Waals surface area contributed by atoms with Crippen LogP contribution in [0.4, 0.5) is 18.9 Å². The lowest BCUT2D eigenvalue weighted by molar-refractivity contribution is -0.137. The molecule has 1 saturated heterocycles. The highest BCUT2D eigenvalue weighted by Gasteiger charge is 2.37. The molecule has 1 aliphatic heterocycles. The molecule has 0 spiro atoms. The van der Waals surface area contributed by atoms with Crippen LogP contribution < -0.4 is 5.32 Å². The van der Waals surface area contributed by atoms with Crippen LogP contribution in [0.3, 0.4) is 0 Å². The van der Waals surface area contributed by atoms with Crippen molar-refractivity contribution < 1.29 is 22.8 Å². The number of carbonyl (C=O) groups excluding carboxylic acids is 2. The van der Waals surface area contributed by atoms with Gasteiger partial charge >= 0.3 is 6.18 Å². The first-order valence-corrected chi connectivity index (χ1v) is 6.51. The summed E-state index contributed by atoms with van der Waals surface area (Å²) in [6, 6.07) is 2.35. The van der Waals surface area contributed by atoms with Gasteiger partial charge in [0.05, 0.1) is 11.3 Å². The number of likely N-dealkylation sites (N-methyl/N-ethyl adjacent to an activating group) is 1. The molecular weight excluding hydrogens is 309 g/mol. The van der Waals surface area contributed by atoms with Crippen molar-refractivity contribution in [1.29, 1.82) is 0 Å². The summed E-state index contributed by atoms with van der Waals surface area (Å²) in [5, 5.41) is 2.15. The maximum Gasteiger partial charge on any atom is 0.418 e. The second kappa shape index (κ2) is 5.55. The molecule has 1 fully saturated rings. The van der Waals surface area contributed by atoms with Gasteiger partial charge in [-0.1, -0.05) is 11.6 Å². The average molecular weight is 321 g/mol. The molecule has 1 aliphatic rings. The molecule has 1 heterocycles. The van der Waals surface area contributed by atoms with Crippen LogP contribution in [0.15, 0.2) is 18.2 Å². The quantitative estimate of drug-likeness (QED) is 0.911. The van der Waals surface area contributed by atoms with Crippen molar-refractivity contribution in [1.82, 2.24) is 4.90 Å². The minimum Gasteiger partial charge on any atom is -0.334 e. The van der Waals surface area contributed by atoms with E-state index in [1.807, 2.05) is 0 Å². The third kappa shape index (κ3) is 3.29. The second-order valence-corrected chi connectivity index (χ2v) is 5.17. The fraction of sp³-hybridized carbons (Fsp3) is 0.385. The maximum atomic E-state index is 12.9. The first-order valence-electron chi connectivity index (χ1n) is 6.13. The van der Waals surface area contributed by atoms with Crippen molar-refractivity contribution in [3.8, 4) is 0 Å². The Hall–Kier alpha value is -1.76. The lowest BCUT2D eigenvalue weighted by atomic mass is 10.1. The minimum atomic E-state index is -4.63. The van der Waals surface area contributed by atoms with Gasteiger partial charge in [-0.25, -0.2) is 0 Å². The van der Waals surface area contributed by atoms with Crippen molar-refractivity contribution in [2.24, 2.45) is 0 Å². The molecule has 8 heteroatoms. The van der Waals surface area contributed by atoms with E-state index in [2.05, 4.69) is 5.32 Å². The zero-order chi connectivity index (χ0) is 15.8. The summed E-state index contributed by atoms with van der Waals surface area (Å²) in [6.45, 7) is 0. The van der Waals surface area contributed by atoms with E-state index >= 15 is 0 Å². The van der Waals surface area contributed by atoms with Crippen LogP contribution in [-0.2, 0) is 15.8 Å². The molecule has 2 rings (SSSR count). The number of anilines is 1. The van der Waals surface area contributed by atoms with Gasteiger partial charge in [0.2, 0.25) is 11.8 Å². The number of carbonyl (C=O) groups is 2. The molecule has 1 aromatic carbocycles. The summed E-state index contributed by atoms with van der Waals surface area (Å²) in [5.74, 6) is -0.849. The second-order valence-electron chi connectivity index (χ2n) is 4.74. The maximum absolute atomic E-state index is 12.9. The van der Waals surface area contributed by atoms with Gasteiger partial charge in [-0.3, -0.25) is 9.59 Å². The summed E-state index contributed by atoms with van der Waals surface area (Å²) >= 11 is 5.56. The molecule has 21 heavy (non-hydrogen) atoms. The largest absolute Gasteiger partial charge is 0.418 e. The van der Waals surface area contributed by atoms with Gasteiger partial charge in [-0.05, 0) is 24.6 Å². The molecule has 1 aromatic rings. The van der Waals surface area contributed by atoms with Gasteiger partial charge in [0, 0.05) is 18.5 Å². The van der Waals surface area contributed by atoms with Crippen LogP contribution in [0.5, 0.6) is 0 Å². The molecule has 0 radical (unpaired) electrons. The Balaban J connectivity index is 2.24. The fourth-order valence-electron chi connectivity index (χ4n) is 2.19. The van der Waals surface area contributed by atoms with Gasteiger partial charge in [0.15, 0.2) is 0 Å². The molecule has 4 nitrogen and oxygen atoms in total. The van der Waals surface area contributed by atoms with Gasteiger partial charge in [-0.15, -0.1) is 0 Å². The molecule has 114 valence electrons. The lowest BCUT2D eigenvalue weighted by Gasteiger charge is -2.20. The molecular formula is C13H12ClF3N2O2. The standard InChI is InChI=1S/C13H12ClF3N2O2/c1-19-10(4-5-11(19)20)12(21)18-9-3-2-7(14)6-8(9)13(15,16)17/h2-3,6,10H,4-5H2,1H3,(H,18,21). The highest BCUT2D eigenvalue weighted by molar-refractivity contribution is 6.30. The van der Waals surface area contributed by atoms with Crippen molar-refractivity contribution in [3.05, 3.63) is 28.8 Å². The molecule has 1 atom stereocenters. The van der Waals surface area contributed by atoms with E-state index in [-0.39, 0.29) is 29.5 Å². The number of alkyl halides is 3. The first-order chi connectivity index (χ1) is 9.70. The predicted molar refractivity (Wildman–Crippen MR) is 70.9 cm³/mol. The molecule has 0 aliphatic carbocycles. The summed E-state index contributed by atoms with van der Waals surface area (Å²) < 4.78 is 38.8. The summed E-state index contributed by atoms with van der Waals surface area (Å²) in [5.41, 5.74) is -1.39. The normalized spacial score (nSPS) is 19.0. The highest BCUT2D eigenvalue weighted by atomic mass is 35.5. The van der Waals surface area contributed by atoms with E-state index in [0.29, 0.717) is 0 Å². The van der Waals surface area contributed by atoms with E-state index in [1.54, 1.807) is 0 Å². The molecule has 0 saturated carbocycles. The smallest absolute Gasteiger partial charge is 0.334 e. The van der Waals surface area contributed by atoms with Crippen LogP contribution in [-0.4, -0.2) is 29.8 Å². The van der Waals surface area contributed by atoms with Gasteiger partial charge < -0.3 is 10.2 Å². The Kier molecular flexibility index (Phi) is 4.13. The Morgan fingerprint density at radius 3 is 2.62 bits per heavy atom. The Morgan fingerprint density at radius 1 is 1.43 bits per heavy atom. The fourth-order valence-corrected chi connectivity index (χ4v) is 2.36. The third-order valence-corrected chi connectivity index (χ3v) is 3.58.